The molecule has 74 valence electrons. The maximum atomic E-state index is 11.2. The summed E-state index contributed by atoms with van der Waals surface area (Å²) in [4.78, 5) is 21.1. The first kappa shape index (κ1) is 10.2. The Morgan fingerprint density at radius 3 is 2.93 bits per heavy atom. The number of benzene rings is 1. The third-order valence-electron chi connectivity index (χ3n) is 1.65. The van der Waals surface area contributed by atoms with Gasteiger partial charge in [-0.15, -0.1) is 0 Å². The molecule has 0 saturated heterocycles. The van der Waals surface area contributed by atoms with Crippen LogP contribution in [0.25, 0.3) is 0 Å². The predicted octanol–water partition coefficient (Wildman–Crippen LogP) is 0.680. The molecule has 0 atom stereocenters. The molecule has 14 heavy (non-hydrogen) atoms. The SMILES string of the molecule is Cc1cccc(NC(=O)CNC=O)c1. The zero-order chi connectivity index (χ0) is 10.4. The van der Waals surface area contributed by atoms with E-state index in [0.717, 1.165) is 11.3 Å². The van der Waals surface area contributed by atoms with Crippen molar-refractivity contribution in [3.8, 4) is 0 Å². The van der Waals surface area contributed by atoms with Crippen LogP contribution in [-0.2, 0) is 9.59 Å². The third-order valence-corrected chi connectivity index (χ3v) is 1.65. The molecule has 4 nitrogen and oxygen atoms in total. The highest BCUT2D eigenvalue weighted by atomic mass is 16.2. The molecule has 0 aliphatic carbocycles. The van der Waals surface area contributed by atoms with Gasteiger partial charge in [0.1, 0.15) is 0 Å². The molecule has 0 saturated carbocycles. The fourth-order valence-electron chi connectivity index (χ4n) is 1.06. The number of aryl methyl sites for hydroxylation is 1. The Balaban J connectivity index is 2.51. The van der Waals surface area contributed by atoms with E-state index in [9.17, 15) is 9.59 Å². The van der Waals surface area contributed by atoms with E-state index in [2.05, 4.69) is 10.6 Å². The Morgan fingerprint density at radius 2 is 2.29 bits per heavy atom. The van der Waals surface area contributed by atoms with Crippen molar-refractivity contribution in [1.82, 2.24) is 5.32 Å². The smallest absolute Gasteiger partial charge is 0.243 e. The Morgan fingerprint density at radius 1 is 1.50 bits per heavy atom. The molecule has 0 radical (unpaired) electrons. The van der Waals surface area contributed by atoms with Crippen LogP contribution in [0.4, 0.5) is 5.69 Å². The Hall–Kier alpha value is -1.84. The van der Waals surface area contributed by atoms with E-state index in [1.54, 1.807) is 6.07 Å². The molecular formula is C10H12N2O2. The van der Waals surface area contributed by atoms with Gasteiger partial charge in [0.2, 0.25) is 12.3 Å². The van der Waals surface area contributed by atoms with Gasteiger partial charge in [-0.05, 0) is 24.6 Å². The first-order valence-corrected chi connectivity index (χ1v) is 4.26. The summed E-state index contributed by atoms with van der Waals surface area (Å²) in [5.74, 6) is -0.234. The average molecular weight is 192 g/mol. The van der Waals surface area contributed by atoms with E-state index < -0.39 is 0 Å². The normalized spacial score (nSPS) is 9.21. The van der Waals surface area contributed by atoms with Crippen LogP contribution in [0.3, 0.4) is 0 Å². The molecular weight excluding hydrogens is 180 g/mol. The molecule has 1 rings (SSSR count). The molecule has 0 bridgehead atoms. The van der Waals surface area contributed by atoms with Crippen LogP contribution in [0.1, 0.15) is 5.56 Å². The minimum absolute atomic E-state index is 0.00254. The fraction of sp³-hybridized carbons (Fsp3) is 0.200. The average Bonchev–Trinajstić information content (AvgIpc) is 2.15. The van der Waals surface area contributed by atoms with Gasteiger partial charge >= 0.3 is 0 Å². The molecule has 0 spiro atoms. The van der Waals surface area contributed by atoms with Gasteiger partial charge in [-0.25, -0.2) is 0 Å². The summed E-state index contributed by atoms with van der Waals surface area (Å²) < 4.78 is 0. The van der Waals surface area contributed by atoms with Crippen LogP contribution in [0.2, 0.25) is 0 Å². The van der Waals surface area contributed by atoms with Crippen molar-refractivity contribution in [2.75, 3.05) is 11.9 Å². The van der Waals surface area contributed by atoms with Gasteiger partial charge in [0.15, 0.2) is 0 Å². The minimum atomic E-state index is -0.234. The molecule has 0 aromatic heterocycles. The zero-order valence-electron chi connectivity index (χ0n) is 7.91. The lowest BCUT2D eigenvalue weighted by Crippen LogP contribution is -2.26. The van der Waals surface area contributed by atoms with Crippen molar-refractivity contribution >= 4 is 18.0 Å². The van der Waals surface area contributed by atoms with Crippen LogP contribution in [-0.4, -0.2) is 18.9 Å². The highest BCUT2D eigenvalue weighted by Crippen LogP contribution is 2.08. The first-order chi connectivity index (χ1) is 6.72. The number of rotatable bonds is 4. The second kappa shape index (κ2) is 5.01. The Kier molecular flexibility index (Phi) is 3.67. The van der Waals surface area contributed by atoms with Crippen molar-refractivity contribution in [3.63, 3.8) is 0 Å². The molecule has 0 heterocycles. The van der Waals surface area contributed by atoms with Gasteiger partial charge in [-0.2, -0.15) is 0 Å². The quantitative estimate of drug-likeness (QED) is 0.689. The highest BCUT2D eigenvalue weighted by molar-refractivity contribution is 5.93. The number of anilines is 1. The lowest BCUT2D eigenvalue weighted by molar-refractivity contribution is -0.118. The highest BCUT2D eigenvalue weighted by Gasteiger charge is 2.00. The van der Waals surface area contributed by atoms with E-state index in [4.69, 9.17) is 0 Å². The number of nitrogens with one attached hydrogen (secondary N) is 2. The van der Waals surface area contributed by atoms with E-state index in [0.29, 0.717) is 6.41 Å². The van der Waals surface area contributed by atoms with Crippen LogP contribution >= 0.6 is 0 Å². The van der Waals surface area contributed by atoms with Crippen molar-refractivity contribution < 1.29 is 9.59 Å². The number of amides is 2. The second-order valence-electron chi connectivity index (χ2n) is 2.92. The van der Waals surface area contributed by atoms with E-state index in [-0.39, 0.29) is 12.5 Å². The first-order valence-electron chi connectivity index (χ1n) is 4.26. The number of carbonyl (C=O) groups is 2. The largest absolute Gasteiger partial charge is 0.350 e. The molecule has 1 aromatic rings. The maximum absolute atomic E-state index is 11.2. The van der Waals surface area contributed by atoms with Gasteiger partial charge in [0.25, 0.3) is 0 Å². The minimum Gasteiger partial charge on any atom is -0.350 e. The lowest BCUT2D eigenvalue weighted by atomic mass is 10.2. The van der Waals surface area contributed by atoms with Gasteiger partial charge in [0, 0.05) is 5.69 Å². The Bertz CT molecular complexity index is 337. The van der Waals surface area contributed by atoms with E-state index in [1.165, 1.54) is 0 Å². The van der Waals surface area contributed by atoms with Crippen LogP contribution in [0.5, 0.6) is 0 Å². The number of carbonyl (C=O) groups excluding carboxylic acids is 2. The third kappa shape index (κ3) is 3.26. The zero-order valence-corrected chi connectivity index (χ0v) is 7.91. The van der Waals surface area contributed by atoms with E-state index in [1.807, 2.05) is 25.1 Å². The maximum Gasteiger partial charge on any atom is 0.243 e. The number of hydrogen-bond acceptors (Lipinski definition) is 2. The van der Waals surface area contributed by atoms with Crippen molar-refractivity contribution in [1.29, 1.82) is 0 Å². The summed E-state index contributed by atoms with van der Waals surface area (Å²) in [5.41, 5.74) is 1.81. The summed E-state index contributed by atoms with van der Waals surface area (Å²) in [5, 5.41) is 4.95. The topological polar surface area (TPSA) is 58.2 Å². The molecule has 0 aliphatic heterocycles. The van der Waals surface area contributed by atoms with Crippen LogP contribution < -0.4 is 10.6 Å². The summed E-state index contributed by atoms with van der Waals surface area (Å²) in [6.07, 6.45) is 0.496. The summed E-state index contributed by atoms with van der Waals surface area (Å²) in [7, 11) is 0. The van der Waals surface area contributed by atoms with Gasteiger partial charge < -0.3 is 10.6 Å². The van der Waals surface area contributed by atoms with Gasteiger partial charge in [-0.3, -0.25) is 9.59 Å². The Labute approximate surface area is 82.3 Å². The monoisotopic (exact) mass is 192 g/mol. The summed E-state index contributed by atoms with van der Waals surface area (Å²) in [6, 6.07) is 7.46. The molecule has 2 amide bonds. The molecule has 0 unspecified atom stereocenters. The van der Waals surface area contributed by atoms with Crippen molar-refractivity contribution in [2.45, 2.75) is 6.92 Å². The molecule has 4 heteroatoms. The summed E-state index contributed by atoms with van der Waals surface area (Å²) in [6.45, 7) is 1.94. The van der Waals surface area contributed by atoms with Crippen molar-refractivity contribution in [3.05, 3.63) is 29.8 Å². The van der Waals surface area contributed by atoms with Gasteiger partial charge in [0.05, 0.1) is 6.54 Å². The van der Waals surface area contributed by atoms with E-state index >= 15 is 0 Å². The second-order valence-corrected chi connectivity index (χ2v) is 2.92. The molecule has 0 aliphatic rings. The number of hydrogen-bond donors (Lipinski definition) is 2. The lowest BCUT2D eigenvalue weighted by Gasteiger charge is -2.04. The molecule has 1 aromatic carbocycles. The van der Waals surface area contributed by atoms with Crippen LogP contribution in [0.15, 0.2) is 24.3 Å². The standard InChI is InChI=1S/C10H12N2O2/c1-8-3-2-4-9(5-8)12-10(14)6-11-7-13/h2-5,7H,6H2,1H3,(H,11,13)(H,12,14). The summed E-state index contributed by atoms with van der Waals surface area (Å²) >= 11 is 0. The van der Waals surface area contributed by atoms with Crippen LogP contribution in [0, 0.1) is 6.92 Å². The predicted molar refractivity (Wildman–Crippen MR) is 53.9 cm³/mol. The van der Waals surface area contributed by atoms with Gasteiger partial charge in [-0.1, -0.05) is 12.1 Å². The fourth-order valence-corrected chi connectivity index (χ4v) is 1.06. The molecule has 0 fully saturated rings. The molecule has 2 N–H and O–H groups in total. The van der Waals surface area contributed by atoms with Crippen molar-refractivity contribution in [2.24, 2.45) is 0 Å².